The van der Waals surface area contributed by atoms with Gasteiger partial charge in [-0.2, -0.15) is 13.2 Å². The maximum absolute atomic E-state index is 13.1. The van der Waals surface area contributed by atoms with Crippen LogP contribution in [0.25, 0.3) is 0 Å². The molecule has 0 atom stereocenters. The van der Waals surface area contributed by atoms with Crippen molar-refractivity contribution in [3.8, 4) is 0 Å². The number of rotatable bonds is 4. The number of morpholine rings is 1. The van der Waals surface area contributed by atoms with E-state index in [-0.39, 0.29) is 18.1 Å². The van der Waals surface area contributed by atoms with Crippen LogP contribution in [0, 0.1) is 0 Å². The van der Waals surface area contributed by atoms with Crippen LogP contribution in [0.4, 0.5) is 24.5 Å². The molecule has 6 nitrogen and oxygen atoms in total. The minimum absolute atomic E-state index is 0.167. The minimum atomic E-state index is -4.46. The molecule has 2 saturated heterocycles. The maximum atomic E-state index is 13.1. The van der Waals surface area contributed by atoms with Crippen molar-refractivity contribution in [1.29, 1.82) is 0 Å². The number of carbonyl (C=O) groups excluding carboxylic acids is 1. The third kappa shape index (κ3) is 4.87. The predicted octanol–water partition coefficient (Wildman–Crippen LogP) is 1.39. The van der Waals surface area contributed by atoms with Crippen LogP contribution < -0.4 is 15.5 Å². The zero-order valence-electron chi connectivity index (χ0n) is 14.4. The van der Waals surface area contributed by atoms with Gasteiger partial charge in [0.1, 0.15) is 0 Å². The average Bonchev–Trinajstić information content (AvgIpc) is 2.62. The van der Waals surface area contributed by atoms with Crippen molar-refractivity contribution in [2.24, 2.45) is 0 Å². The second kappa shape index (κ2) is 8.24. The van der Waals surface area contributed by atoms with E-state index in [9.17, 15) is 18.0 Å². The Morgan fingerprint density at radius 2 is 1.85 bits per heavy atom. The summed E-state index contributed by atoms with van der Waals surface area (Å²) in [7, 11) is 0. The van der Waals surface area contributed by atoms with Gasteiger partial charge in [-0.15, -0.1) is 0 Å². The predicted molar refractivity (Wildman–Crippen MR) is 92.4 cm³/mol. The Morgan fingerprint density at radius 3 is 2.50 bits per heavy atom. The summed E-state index contributed by atoms with van der Waals surface area (Å²) in [6.45, 7) is 5.42. The van der Waals surface area contributed by atoms with Crippen molar-refractivity contribution < 1.29 is 22.7 Å². The number of amides is 1. The van der Waals surface area contributed by atoms with Gasteiger partial charge in [0.25, 0.3) is 0 Å². The van der Waals surface area contributed by atoms with Gasteiger partial charge in [-0.25, -0.2) is 0 Å². The Labute approximate surface area is 150 Å². The summed E-state index contributed by atoms with van der Waals surface area (Å²) in [6, 6.07) is 3.49. The second-order valence-corrected chi connectivity index (χ2v) is 6.40. The van der Waals surface area contributed by atoms with Crippen molar-refractivity contribution in [3.05, 3.63) is 23.8 Å². The molecule has 144 valence electrons. The molecule has 0 unspecified atom stereocenters. The molecule has 0 spiro atoms. The number of carbonyl (C=O) groups is 1. The summed E-state index contributed by atoms with van der Waals surface area (Å²) in [5, 5.41) is 5.88. The summed E-state index contributed by atoms with van der Waals surface area (Å²) in [6.07, 6.45) is -4.46. The third-order valence-corrected chi connectivity index (χ3v) is 4.53. The fraction of sp³-hybridized carbons (Fsp3) is 0.588. The van der Waals surface area contributed by atoms with Gasteiger partial charge >= 0.3 is 6.18 Å². The van der Waals surface area contributed by atoms with Crippen molar-refractivity contribution in [1.82, 2.24) is 10.2 Å². The molecule has 1 aromatic rings. The smallest absolute Gasteiger partial charge is 0.378 e. The van der Waals surface area contributed by atoms with Crippen molar-refractivity contribution in [3.63, 3.8) is 0 Å². The maximum Gasteiger partial charge on any atom is 0.416 e. The second-order valence-electron chi connectivity index (χ2n) is 6.40. The van der Waals surface area contributed by atoms with Crippen LogP contribution in [0.2, 0.25) is 0 Å². The summed E-state index contributed by atoms with van der Waals surface area (Å²) < 4.78 is 44.6. The topological polar surface area (TPSA) is 56.8 Å². The molecular formula is C17H23F3N4O2. The summed E-state index contributed by atoms with van der Waals surface area (Å²) in [5.41, 5.74) is 0.0174. The molecule has 1 amide bonds. The lowest BCUT2D eigenvalue weighted by molar-refractivity contribution is -0.137. The first-order chi connectivity index (χ1) is 12.4. The first-order valence-electron chi connectivity index (χ1n) is 8.70. The van der Waals surface area contributed by atoms with E-state index >= 15 is 0 Å². The Bertz CT molecular complexity index is 627. The van der Waals surface area contributed by atoms with E-state index in [0.29, 0.717) is 32.0 Å². The van der Waals surface area contributed by atoms with E-state index < -0.39 is 11.7 Å². The highest BCUT2D eigenvalue weighted by molar-refractivity contribution is 5.95. The fourth-order valence-electron chi connectivity index (χ4n) is 3.15. The molecule has 0 saturated carbocycles. The van der Waals surface area contributed by atoms with Crippen molar-refractivity contribution >= 4 is 17.3 Å². The molecule has 0 aromatic heterocycles. The van der Waals surface area contributed by atoms with Crippen molar-refractivity contribution in [2.75, 3.05) is 69.2 Å². The molecule has 2 fully saturated rings. The highest BCUT2D eigenvalue weighted by Crippen LogP contribution is 2.35. The van der Waals surface area contributed by atoms with E-state index in [4.69, 9.17) is 4.74 Å². The molecule has 2 heterocycles. The largest absolute Gasteiger partial charge is 0.416 e. The Morgan fingerprint density at radius 1 is 1.15 bits per heavy atom. The molecular weight excluding hydrogens is 349 g/mol. The van der Waals surface area contributed by atoms with Crippen LogP contribution in [0.5, 0.6) is 0 Å². The number of nitrogens with zero attached hydrogens (tertiary/aromatic N) is 2. The first kappa shape index (κ1) is 18.9. The standard InChI is InChI=1S/C17H23F3N4O2/c18-17(19,20)13-1-2-15(24-7-9-26-10-8-24)14(11-13)22-16(25)12-23-5-3-21-4-6-23/h1-2,11,21H,3-10,12H2,(H,22,25). The highest BCUT2D eigenvalue weighted by Gasteiger charge is 2.32. The molecule has 0 radical (unpaired) electrons. The number of benzene rings is 1. The molecule has 1 aromatic carbocycles. The van der Waals surface area contributed by atoms with Crippen LogP contribution in [-0.2, 0) is 15.7 Å². The van der Waals surface area contributed by atoms with Gasteiger partial charge < -0.3 is 20.3 Å². The molecule has 2 N–H and O–H groups in total. The molecule has 2 aliphatic heterocycles. The van der Waals surface area contributed by atoms with Gasteiger partial charge in [0.05, 0.1) is 36.7 Å². The lowest BCUT2D eigenvalue weighted by atomic mass is 10.1. The number of piperazine rings is 1. The van der Waals surface area contributed by atoms with E-state index in [0.717, 1.165) is 38.3 Å². The third-order valence-electron chi connectivity index (χ3n) is 4.53. The zero-order valence-corrected chi connectivity index (χ0v) is 14.4. The minimum Gasteiger partial charge on any atom is -0.378 e. The van der Waals surface area contributed by atoms with E-state index in [2.05, 4.69) is 10.6 Å². The fourth-order valence-corrected chi connectivity index (χ4v) is 3.15. The zero-order chi connectivity index (χ0) is 18.6. The van der Waals surface area contributed by atoms with Crippen molar-refractivity contribution in [2.45, 2.75) is 6.18 Å². The number of halogens is 3. The summed E-state index contributed by atoms with van der Waals surface area (Å²) >= 11 is 0. The number of anilines is 2. The SMILES string of the molecule is O=C(CN1CCNCC1)Nc1cc(C(F)(F)F)ccc1N1CCOCC1. The quantitative estimate of drug-likeness (QED) is 0.837. The normalized spacial score (nSPS) is 19.4. The van der Waals surface area contributed by atoms with Crippen LogP contribution in [-0.4, -0.2) is 69.8 Å². The van der Waals surface area contributed by atoms with Gasteiger partial charge in [0.2, 0.25) is 5.91 Å². The Kier molecular flexibility index (Phi) is 6.00. The Hall–Kier alpha value is -1.84. The van der Waals surface area contributed by atoms with Gasteiger partial charge in [0.15, 0.2) is 0 Å². The molecule has 2 aliphatic rings. The lowest BCUT2D eigenvalue weighted by Crippen LogP contribution is -2.46. The molecule has 3 rings (SSSR count). The number of ether oxygens (including phenoxy) is 1. The number of hydrogen-bond acceptors (Lipinski definition) is 5. The van der Waals surface area contributed by atoms with Crippen LogP contribution in [0.3, 0.4) is 0 Å². The monoisotopic (exact) mass is 372 g/mol. The van der Waals surface area contributed by atoms with Gasteiger partial charge in [0, 0.05) is 39.3 Å². The summed E-state index contributed by atoms with van der Waals surface area (Å²) in [5.74, 6) is -0.305. The number of hydrogen-bond donors (Lipinski definition) is 2. The van der Waals surface area contributed by atoms with Gasteiger partial charge in [-0.3, -0.25) is 9.69 Å². The summed E-state index contributed by atoms with van der Waals surface area (Å²) in [4.78, 5) is 16.3. The van der Waals surface area contributed by atoms with Crippen LogP contribution in [0.15, 0.2) is 18.2 Å². The molecule has 0 bridgehead atoms. The lowest BCUT2D eigenvalue weighted by Gasteiger charge is -2.31. The molecule has 9 heteroatoms. The van der Waals surface area contributed by atoms with Crippen LogP contribution >= 0.6 is 0 Å². The van der Waals surface area contributed by atoms with E-state index in [1.54, 1.807) is 0 Å². The Balaban J connectivity index is 1.78. The molecule has 0 aliphatic carbocycles. The van der Waals surface area contributed by atoms with Gasteiger partial charge in [-0.1, -0.05) is 0 Å². The van der Waals surface area contributed by atoms with E-state index in [1.165, 1.54) is 6.07 Å². The average molecular weight is 372 g/mol. The number of alkyl halides is 3. The molecule has 26 heavy (non-hydrogen) atoms. The van der Waals surface area contributed by atoms with Gasteiger partial charge in [-0.05, 0) is 18.2 Å². The van der Waals surface area contributed by atoms with Crippen LogP contribution in [0.1, 0.15) is 5.56 Å². The highest BCUT2D eigenvalue weighted by atomic mass is 19.4. The first-order valence-corrected chi connectivity index (χ1v) is 8.70. The van der Waals surface area contributed by atoms with E-state index in [1.807, 2.05) is 9.80 Å². The number of nitrogens with one attached hydrogen (secondary N) is 2.